The summed E-state index contributed by atoms with van der Waals surface area (Å²) in [5, 5.41) is 11.2. The highest BCUT2D eigenvalue weighted by Crippen LogP contribution is 2.25. The molecular formula is C22H27ClN4O2. The number of hydrogen-bond acceptors (Lipinski definition) is 6. The van der Waals surface area contributed by atoms with Crippen molar-refractivity contribution >= 4 is 23.0 Å². The summed E-state index contributed by atoms with van der Waals surface area (Å²) in [6.45, 7) is 7.49. The molecule has 2 aliphatic heterocycles. The Balaban J connectivity index is 1.41. The molecule has 0 aliphatic carbocycles. The third-order valence-electron chi connectivity index (χ3n) is 5.44. The van der Waals surface area contributed by atoms with E-state index in [1.807, 2.05) is 37.3 Å². The van der Waals surface area contributed by atoms with Crippen LogP contribution in [0.5, 0.6) is 0 Å². The lowest BCUT2D eigenvalue weighted by atomic mass is 10.0. The number of morpholine rings is 1. The van der Waals surface area contributed by atoms with E-state index in [4.69, 9.17) is 21.3 Å². The van der Waals surface area contributed by atoms with E-state index in [1.165, 1.54) is 5.57 Å². The lowest BCUT2D eigenvalue weighted by Crippen LogP contribution is -2.37. The van der Waals surface area contributed by atoms with Gasteiger partial charge in [0.15, 0.2) is 5.82 Å². The van der Waals surface area contributed by atoms with Crippen LogP contribution < -0.4 is 4.90 Å². The summed E-state index contributed by atoms with van der Waals surface area (Å²) in [6, 6.07) is 9.44. The molecule has 1 N–H and O–H groups in total. The van der Waals surface area contributed by atoms with Gasteiger partial charge in [0.05, 0.1) is 19.3 Å². The van der Waals surface area contributed by atoms with Crippen LogP contribution in [0.3, 0.4) is 0 Å². The molecule has 29 heavy (non-hydrogen) atoms. The van der Waals surface area contributed by atoms with Crippen molar-refractivity contribution < 1.29 is 9.84 Å². The van der Waals surface area contributed by atoms with Crippen LogP contribution in [0.15, 0.2) is 36.4 Å². The number of hydrogen-bond donors (Lipinski definition) is 1. The number of anilines is 1. The normalized spacial score (nSPS) is 19.1. The second-order valence-electron chi connectivity index (χ2n) is 7.60. The molecule has 0 bridgehead atoms. The molecule has 154 valence electrons. The van der Waals surface area contributed by atoms with Crippen LogP contribution in [0.25, 0.3) is 5.57 Å². The van der Waals surface area contributed by atoms with E-state index >= 15 is 0 Å². The van der Waals surface area contributed by atoms with E-state index in [9.17, 15) is 5.11 Å². The first kappa shape index (κ1) is 20.3. The third kappa shape index (κ3) is 5.14. The zero-order valence-corrected chi connectivity index (χ0v) is 17.5. The summed E-state index contributed by atoms with van der Waals surface area (Å²) in [4.78, 5) is 14.0. The Morgan fingerprint density at radius 1 is 1.14 bits per heavy atom. The van der Waals surface area contributed by atoms with Crippen molar-refractivity contribution in [1.29, 1.82) is 0 Å². The van der Waals surface area contributed by atoms with Gasteiger partial charge in [0.2, 0.25) is 0 Å². The van der Waals surface area contributed by atoms with Gasteiger partial charge in [-0.25, -0.2) is 9.97 Å². The van der Waals surface area contributed by atoms with Crippen molar-refractivity contribution in [1.82, 2.24) is 14.9 Å². The second kappa shape index (κ2) is 9.22. The number of nitrogens with zero attached hydrogens (tertiary/aromatic N) is 4. The molecular weight excluding hydrogens is 388 g/mol. The van der Waals surface area contributed by atoms with Crippen LogP contribution in [0.4, 0.5) is 5.82 Å². The predicted octanol–water partition coefficient (Wildman–Crippen LogP) is 3.10. The zero-order valence-electron chi connectivity index (χ0n) is 16.7. The molecule has 2 aliphatic rings. The quantitative estimate of drug-likeness (QED) is 0.811. The smallest absolute Gasteiger partial charge is 0.157 e. The largest absolute Gasteiger partial charge is 0.387 e. The fourth-order valence-corrected chi connectivity index (χ4v) is 3.89. The van der Waals surface area contributed by atoms with Crippen molar-refractivity contribution in [2.24, 2.45) is 0 Å². The van der Waals surface area contributed by atoms with Gasteiger partial charge in [-0.1, -0.05) is 29.8 Å². The molecule has 4 rings (SSSR count). The Bertz CT molecular complexity index is 866. The maximum absolute atomic E-state index is 10.5. The highest BCUT2D eigenvalue weighted by Gasteiger charge is 2.20. The third-order valence-corrected chi connectivity index (χ3v) is 5.69. The Kier molecular flexibility index (Phi) is 6.45. The molecule has 1 fully saturated rings. The Morgan fingerprint density at radius 2 is 1.90 bits per heavy atom. The van der Waals surface area contributed by atoms with Crippen LogP contribution in [0.1, 0.15) is 29.6 Å². The van der Waals surface area contributed by atoms with Gasteiger partial charge in [0, 0.05) is 49.5 Å². The molecule has 0 radical (unpaired) electrons. The van der Waals surface area contributed by atoms with E-state index in [1.54, 1.807) is 0 Å². The lowest BCUT2D eigenvalue weighted by Gasteiger charge is -2.30. The summed E-state index contributed by atoms with van der Waals surface area (Å²) >= 11 is 5.93. The van der Waals surface area contributed by atoms with E-state index in [2.05, 4.69) is 20.9 Å². The molecule has 1 aromatic heterocycles. The number of rotatable bonds is 5. The van der Waals surface area contributed by atoms with Gasteiger partial charge in [-0.05, 0) is 36.6 Å². The second-order valence-corrected chi connectivity index (χ2v) is 8.03. The minimum atomic E-state index is -0.523. The number of β-amino-alcohol motifs (C(OH)–C–C–N with tert-alkyl or cyclic N) is 1. The standard InChI is InChI=1S/C22H27ClN4O2/c1-16-14-21(27-10-12-29-13-11-27)25-22(24-16)18-6-8-26(9-7-18)15-20(28)17-2-4-19(23)5-3-17/h2-6,14,20,28H,7-13,15H2,1H3. The number of aromatic nitrogens is 2. The number of ether oxygens (including phenoxy) is 1. The summed E-state index contributed by atoms with van der Waals surface area (Å²) in [5.74, 6) is 1.81. The molecule has 1 unspecified atom stereocenters. The van der Waals surface area contributed by atoms with E-state index in [0.29, 0.717) is 11.6 Å². The molecule has 7 heteroatoms. The maximum Gasteiger partial charge on any atom is 0.157 e. The highest BCUT2D eigenvalue weighted by molar-refractivity contribution is 6.30. The molecule has 2 aromatic rings. The molecule has 0 spiro atoms. The predicted molar refractivity (Wildman–Crippen MR) is 115 cm³/mol. The van der Waals surface area contributed by atoms with Crippen molar-refractivity contribution in [3.05, 3.63) is 58.5 Å². The lowest BCUT2D eigenvalue weighted by molar-refractivity contribution is 0.119. The zero-order chi connectivity index (χ0) is 20.2. The van der Waals surface area contributed by atoms with Gasteiger partial charge < -0.3 is 14.7 Å². The van der Waals surface area contributed by atoms with Crippen molar-refractivity contribution in [2.45, 2.75) is 19.4 Å². The molecule has 1 saturated heterocycles. The number of aliphatic hydroxyl groups is 1. The number of aliphatic hydroxyl groups excluding tert-OH is 1. The first-order valence-electron chi connectivity index (χ1n) is 10.1. The maximum atomic E-state index is 10.5. The molecule has 0 amide bonds. The van der Waals surface area contributed by atoms with Crippen LogP contribution in [0, 0.1) is 6.92 Å². The van der Waals surface area contributed by atoms with Gasteiger partial charge in [-0.15, -0.1) is 0 Å². The minimum absolute atomic E-state index is 0.523. The number of benzene rings is 1. The highest BCUT2D eigenvalue weighted by atomic mass is 35.5. The van der Waals surface area contributed by atoms with Crippen molar-refractivity contribution in [3.8, 4) is 0 Å². The summed E-state index contributed by atoms with van der Waals surface area (Å²) in [7, 11) is 0. The summed E-state index contributed by atoms with van der Waals surface area (Å²) < 4.78 is 5.45. The molecule has 1 atom stereocenters. The van der Waals surface area contributed by atoms with Crippen LogP contribution >= 0.6 is 11.6 Å². The Hall–Kier alpha value is -1.99. The fourth-order valence-electron chi connectivity index (χ4n) is 3.77. The van der Waals surface area contributed by atoms with Gasteiger partial charge >= 0.3 is 0 Å². The average Bonchev–Trinajstić information content (AvgIpc) is 2.75. The van der Waals surface area contributed by atoms with Crippen molar-refractivity contribution in [3.63, 3.8) is 0 Å². The summed E-state index contributed by atoms with van der Waals surface area (Å²) in [6.07, 6.45) is 2.54. The molecule has 0 saturated carbocycles. The molecule has 6 nitrogen and oxygen atoms in total. The van der Waals surface area contributed by atoms with Gasteiger partial charge in [-0.2, -0.15) is 0 Å². The Labute approximate surface area is 176 Å². The topological polar surface area (TPSA) is 61.7 Å². The van der Waals surface area contributed by atoms with E-state index < -0.39 is 6.10 Å². The SMILES string of the molecule is Cc1cc(N2CCOCC2)nc(C2=CCN(CC(O)c3ccc(Cl)cc3)CC2)n1. The molecule has 3 heterocycles. The van der Waals surface area contributed by atoms with Gasteiger partial charge in [0.1, 0.15) is 5.82 Å². The van der Waals surface area contributed by atoms with Gasteiger partial charge in [-0.3, -0.25) is 4.90 Å². The molecule has 1 aromatic carbocycles. The Morgan fingerprint density at radius 3 is 2.59 bits per heavy atom. The van der Waals surface area contributed by atoms with Gasteiger partial charge in [0.25, 0.3) is 0 Å². The monoisotopic (exact) mass is 414 g/mol. The van der Waals surface area contributed by atoms with E-state index in [0.717, 1.165) is 68.7 Å². The van der Waals surface area contributed by atoms with Crippen LogP contribution in [-0.2, 0) is 4.74 Å². The first-order valence-corrected chi connectivity index (χ1v) is 10.5. The fraction of sp³-hybridized carbons (Fsp3) is 0.455. The van der Waals surface area contributed by atoms with Crippen LogP contribution in [-0.4, -0.2) is 65.9 Å². The minimum Gasteiger partial charge on any atom is -0.387 e. The van der Waals surface area contributed by atoms with Crippen molar-refractivity contribution in [2.75, 3.05) is 50.8 Å². The first-order chi connectivity index (χ1) is 14.1. The summed E-state index contributed by atoms with van der Waals surface area (Å²) in [5.41, 5.74) is 3.06. The number of aryl methyl sites for hydroxylation is 1. The number of halogens is 1. The van der Waals surface area contributed by atoms with Crippen LogP contribution in [0.2, 0.25) is 5.02 Å². The van der Waals surface area contributed by atoms with E-state index in [-0.39, 0.29) is 0 Å². The average molecular weight is 415 g/mol.